The maximum Gasteiger partial charge on any atom is 0.262 e. The molecule has 7 nitrogen and oxygen atoms in total. The minimum atomic E-state index is -0.187. The second-order valence-corrected chi connectivity index (χ2v) is 7.12. The van der Waals surface area contributed by atoms with Crippen molar-refractivity contribution >= 4 is 34.4 Å². The SMILES string of the molecule is Cc1c(Cl)cccc1-n1ccnc1SCc1nc2c(cnn2C)c(=O)[nH]1. The molecule has 0 aliphatic carbocycles. The summed E-state index contributed by atoms with van der Waals surface area (Å²) in [6, 6.07) is 5.77. The molecule has 0 aliphatic heterocycles. The van der Waals surface area contributed by atoms with Gasteiger partial charge in [0, 0.05) is 24.5 Å². The van der Waals surface area contributed by atoms with E-state index in [-0.39, 0.29) is 5.56 Å². The maximum atomic E-state index is 12.2. The zero-order valence-electron chi connectivity index (χ0n) is 14.1. The normalized spacial score (nSPS) is 11.3. The van der Waals surface area contributed by atoms with E-state index in [2.05, 4.69) is 20.1 Å². The molecule has 132 valence electrons. The van der Waals surface area contributed by atoms with Gasteiger partial charge in [0.1, 0.15) is 11.2 Å². The third kappa shape index (κ3) is 2.91. The molecule has 0 saturated carbocycles. The molecule has 1 aromatic carbocycles. The third-order valence-electron chi connectivity index (χ3n) is 4.09. The van der Waals surface area contributed by atoms with Crippen molar-refractivity contribution in [3.05, 3.63) is 63.6 Å². The molecule has 0 unspecified atom stereocenters. The van der Waals surface area contributed by atoms with Crippen LogP contribution in [0.3, 0.4) is 0 Å². The lowest BCUT2D eigenvalue weighted by molar-refractivity contribution is 0.782. The summed E-state index contributed by atoms with van der Waals surface area (Å²) in [7, 11) is 1.76. The van der Waals surface area contributed by atoms with E-state index in [1.54, 1.807) is 17.9 Å². The predicted molar refractivity (Wildman–Crippen MR) is 102 cm³/mol. The van der Waals surface area contributed by atoms with E-state index in [1.165, 1.54) is 18.0 Å². The highest BCUT2D eigenvalue weighted by Crippen LogP contribution is 2.27. The summed E-state index contributed by atoms with van der Waals surface area (Å²) in [5.41, 5.74) is 2.34. The fourth-order valence-corrected chi connectivity index (χ4v) is 3.72. The van der Waals surface area contributed by atoms with Gasteiger partial charge < -0.3 is 4.98 Å². The predicted octanol–water partition coefficient (Wildman–Crippen LogP) is 3.10. The van der Waals surface area contributed by atoms with Gasteiger partial charge in [-0.1, -0.05) is 29.4 Å². The van der Waals surface area contributed by atoms with Crippen LogP contribution in [0.1, 0.15) is 11.4 Å². The largest absolute Gasteiger partial charge is 0.309 e. The van der Waals surface area contributed by atoms with Crippen molar-refractivity contribution in [1.82, 2.24) is 29.3 Å². The Morgan fingerprint density at radius 1 is 1.35 bits per heavy atom. The topological polar surface area (TPSA) is 81.4 Å². The molecule has 0 fully saturated rings. The Kier molecular flexibility index (Phi) is 4.29. The van der Waals surface area contributed by atoms with Crippen molar-refractivity contribution in [2.75, 3.05) is 0 Å². The second-order valence-electron chi connectivity index (χ2n) is 5.77. The average Bonchev–Trinajstić information content (AvgIpc) is 3.23. The van der Waals surface area contributed by atoms with Crippen molar-refractivity contribution in [3.8, 4) is 5.69 Å². The molecule has 1 N–H and O–H groups in total. The van der Waals surface area contributed by atoms with Gasteiger partial charge in [-0.25, -0.2) is 9.97 Å². The Balaban J connectivity index is 1.64. The summed E-state index contributed by atoms with van der Waals surface area (Å²) in [5, 5.41) is 6.06. The van der Waals surface area contributed by atoms with E-state index < -0.39 is 0 Å². The summed E-state index contributed by atoms with van der Waals surface area (Å²) >= 11 is 7.72. The van der Waals surface area contributed by atoms with Gasteiger partial charge in [-0.3, -0.25) is 14.0 Å². The van der Waals surface area contributed by atoms with Crippen LogP contribution >= 0.6 is 23.4 Å². The number of nitrogens with one attached hydrogen (secondary N) is 1. The Labute approximate surface area is 158 Å². The number of aromatic amines is 1. The van der Waals surface area contributed by atoms with Crippen LogP contribution in [0.4, 0.5) is 0 Å². The zero-order valence-corrected chi connectivity index (χ0v) is 15.7. The smallest absolute Gasteiger partial charge is 0.262 e. The van der Waals surface area contributed by atoms with E-state index in [9.17, 15) is 4.79 Å². The number of thioether (sulfide) groups is 1. The minimum Gasteiger partial charge on any atom is -0.309 e. The Bertz CT molecular complexity index is 1160. The molecule has 0 spiro atoms. The van der Waals surface area contributed by atoms with E-state index in [1.807, 2.05) is 35.9 Å². The van der Waals surface area contributed by atoms with Gasteiger partial charge in [-0.15, -0.1) is 0 Å². The molecule has 0 bridgehead atoms. The average molecular weight is 387 g/mol. The van der Waals surface area contributed by atoms with Crippen LogP contribution in [-0.4, -0.2) is 29.3 Å². The molecule has 4 rings (SSSR count). The van der Waals surface area contributed by atoms with Crippen LogP contribution in [0, 0.1) is 6.92 Å². The highest BCUT2D eigenvalue weighted by Gasteiger charge is 2.12. The Morgan fingerprint density at radius 2 is 2.19 bits per heavy atom. The van der Waals surface area contributed by atoms with Crippen molar-refractivity contribution in [3.63, 3.8) is 0 Å². The standard InChI is InChI=1S/C17H15ClN6OS/c1-10-12(18)4-3-5-13(10)24-7-6-19-17(24)26-9-14-21-15-11(16(25)22-14)8-20-23(15)2/h3-8H,9H2,1-2H3,(H,21,22,25). The van der Waals surface area contributed by atoms with Gasteiger partial charge in [0.05, 0.1) is 17.6 Å². The molecule has 0 aliphatic rings. The number of fused-ring (bicyclic) bond motifs is 1. The number of nitrogens with zero attached hydrogens (tertiary/aromatic N) is 5. The first-order valence-electron chi connectivity index (χ1n) is 7.87. The summed E-state index contributed by atoms with van der Waals surface area (Å²) in [4.78, 5) is 23.9. The van der Waals surface area contributed by atoms with Gasteiger partial charge in [-0.05, 0) is 24.6 Å². The van der Waals surface area contributed by atoms with Gasteiger partial charge >= 0.3 is 0 Å². The molecule has 0 radical (unpaired) electrons. The molecule has 0 atom stereocenters. The molecule has 4 aromatic rings. The molecular formula is C17H15ClN6OS. The van der Waals surface area contributed by atoms with Crippen molar-refractivity contribution < 1.29 is 0 Å². The molecule has 3 heterocycles. The number of H-pyrrole nitrogens is 1. The van der Waals surface area contributed by atoms with Crippen LogP contribution in [0.25, 0.3) is 16.7 Å². The molecule has 0 amide bonds. The number of benzene rings is 1. The summed E-state index contributed by atoms with van der Waals surface area (Å²) in [6.45, 7) is 1.97. The van der Waals surface area contributed by atoms with Crippen LogP contribution in [0.2, 0.25) is 5.02 Å². The number of aryl methyl sites for hydroxylation is 1. The number of hydrogen-bond acceptors (Lipinski definition) is 5. The van der Waals surface area contributed by atoms with Crippen molar-refractivity contribution in [1.29, 1.82) is 0 Å². The number of aromatic nitrogens is 6. The lowest BCUT2D eigenvalue weighted by Crippen LogP contribution is -2.11. The fraction of sp³-hybridized carbons (Fsp3) is 0.176. The monoisotopic (exact) mass is 386 g/mol. The van der Waals surface area contributed by atoms with Crippen LogP contribution < -0.4 is 5.56 Å². The number of halogens is 1. The summed E-state index contributed by atoms with van der Waals surface area (Å²) < 4.78 is 3.57. The highest BCUT2D eigenvalue weighted by atomic mass is 35.5. The quantitative estimate of drug-likeness (QED) is 0.545. The maximum absolute atomic E-state index is 12.2. The molecule has 9 heteroatoms. The van der Waals surface area contributed by atoms with Crippen LogP contribution in [0.5, 0.6) is 0 Å². The minimum absolute atomic E-state index is 0.187. The van der Waals surface area contributed by atoms with Crippen LogP contribution in [-0.2, 0) is 12.8 Å². The second kappa shape index (κ2) is 6.62. The lowest BCUT2D eigenvalue weighted by Gasteiger charge is -2.11. The van der Waals surface area contributed by atoms with E-state index in [0.717, 1.165) is 16.4 Å². The first-order chi connectivity index (χ1) is 12.5. The lowest BCUT2D eigenvalue weighted by atomic mass is 10.2. The van der Waals surface area contributed by atoms with Gasteiger partial charge in [0.15, 0.2) is 10.8 Å². The van der Waals surface area contributed by atoms with Gasteiger partial charge in [-0.2, -0.15) is 5.10 Å². The Morgan fingerprint density at radius 3 is 3.04 bits per heavy atom. The third-order valence-corrected chi connectivity index (χ3v) is 5.48. The summed E-state index contributed by atoms with van der Waals surface area (Å²) in [6.07, 6.45) is 5.15. The van der Waals surface area contributed by atoms with Crippen molar-refractivity contribution in [2.24, 2.45) is 7.05 Å². The summed E-state index contributed by atoms with van der Waals surface area (Å²) in [5.74, 6) is 1.06. The zero-order chi connectivity index (χ0) is 18.3. The van der Waals surface area contributed by atoms with Crippen molar-refractivity contribution in [2.45, 2.75) is 17.8 Å². The first-order valence-corrected chi connectivity index (χ1v) is 9.23. The number of imidazole rings is 1. The van der Waals surface area contributed by atoms with Gasteiger partial charge in [0.25, 0.3) is 5.56 Å². The molecular weight excluding hydrogens is 372 g/mol. The number of hydrogen-bond donors (Lipinski definition) is 1. The first kappa shape index (κ1) is 16.9. The van der Waals surface area contributed by atoms with Gasteiger partial charge in [0.2, 0.25) is 0 Å². The van der Waals surface area contributed by atoms with E-state index in [4.69, 9.17) is 11.6 Å². The van der Waals surface area contributed by atoms with E-state index >= 15 is 0 Å². The molecule has 0 saturated heterocycles. The number of rotatable bonds is 4. The molecule has 3 aromatic heterocycles. The van der Waals surface area contributed by atoms with Crippen LogP contribution in [0.15, 0.2) is 46.7 Å². The Hall–Kier alpha value is -2.58. The molecule has 26 heavy (non-hydrogen) atoms. The fourth-order valence-electron chi connectivity index (χ4n) is 2.72. The van der Waals surface area contributed by atoms with E-state index in [0.29, 0.717) is 27.6 Å². The highest BCUT2D eigenvalue weighted by molar-refractivity contribution is 7.98.